The van der Waals surface area contributed by atoms with E-state index in [1.54, 1.807) is 42.8 Å². The fourth-order valence-electron chi connectivity index (χ4n) is 2.48. The molecule has 7 heteroatoms. The first-order valence-electron chi connectivity index (χ1n) is 8.78. The van der Waals surface area contributed by atoms with E-state index in [0.29, 0.717) is 22.1 Å². The van der Waals surface area contributed by atoms with Crippen molar-refractivity contribution in [1.29, 1.82) is 0 Å². The summed E-state index contributed by atoms with van der Waals surface area (Å²) in [5.74, 6) is 0.178. The maximum atomic E-state index is 12.4. The Kier molecular flexibility index (Phi) is 6.06. The topological polar surface area (TPSA) is 80.3 Å². The Balaban J connectivity index is 1.59. The molecule has 2 amide bonds. The summed E-state index contributed by atoms with van der Waals surface area (Å²) in [7, 11) is 0. The summed E-state index contributed by atoms with van der Waals surface area (Å²) in [5.41, 5.74) is 3.11. The lowest BCUT2D eigenvalue weighted by atomic mass is 10.1. The van der Waals surface area contributed by atoms with Gasteiger partial charge in [-0.2, -0.15) is 0 Å². The lowest BCUT2D eigenvalue weighted by Gasteiger charge is -2.17. The maximum absolute atomic E-state index is 12.4. The minimum atomic E-state index is -0.659. The number of aryl methyl sites for hydroxylation is 2. The third-order valence-electron chi connectivity index (χ3n) is 4.08. The Morgan fingerprint density at radius 1 is 1.07 bits per heavy atom. The zero-order valence-corrected chi connectivity index (χ0v) is 16.7. The summed E-state index contributed by atoms with van der Waals surface area (Å²) in [6.07, 6.45) is 0.966. The van der Waals surface area contributed by atoms with Gasteiger partial charge in [0, 0.05) is 22.8 Å². The highest BCUT2D eigenvalue weighted by Gasteiger charge is 2.16. The van der Waals surface area contributed by atoms with Crippen LogP contribution in [0.5, 0.6) is 5.75 Å². The normalized spacial score (nSPS) is 11.5. The molecule has 1 unspecified atom stereocenters. The van der Waals surface area contributed by atoms with Crippen LogP contribution in [-0.4, -0.2) is 22.9 Å². The van der Waals surface area contributed by atoms with Crippen molar-refractivity contribution < 1.29 is 14.3 Å². The number of amides is 2. The van der Waals surface area contributed by atoms with Crippen molar-refractivity contribution in [3.8, 4) is 5.75 Å². The molecule has 144 valence electrons. The molecular weight excluding hydrogens is 374 g/mol. The molecule has 3 rings (SSSR count). The number of ether oxygens (including phenoxy) is 1. The number of thiazole rings is 1. The zero-order chi connectivity index (χ0) is 20.1. The second-order valence-corrected chi connectivity index (χ2v) is 7.28. The van der Waals surface area contributed by atoms with E-state index in [1.165, 1.54) is 11.3 Å². The molecule has 6 nitrogen and oxygen atoms in total. The van der Waals surface area contributed by atoms with Crippen LogP contribution >= 0.6 is 11.3 Å². The van der Waals surface area contributed by atoms with Crippen LogP contribution in [0.2, 0.25) is 0 Å². The second-order valence-electron chi connectivity index (χ2n) is 6.39. The molecule has 2 aromatic carbocycles. The van der Waals surface area contributed by atoms with Crippen LogP contribution in [0, 0.1) is 13.8 Å². The van der Waals surface area contributed by atoms with Gasteiger partial charge in [0.2, 0.25) is 0 Å². The highest BCUT2D eigenvalue weighted by Crippen LogP contribution is 2.21. The molecule has 0 radical (unpaired) electrons. The minimum Gasteiger partial charge on any atom is -0.481 e. The lowest BCUT2D eigenvalue weighted by Crippen LogP contribution is -2.30. The monoisotopic (exact) mass is 395 g/mol. The Hall–Kier alpha value is -3.19. The maximum Gasteiger partial charge on any atom is 0.265 e. The number of aromatic nitrogens is 1. The van der Waals surface area contributed by atoms with Crippen molar-refractivity contribution in [2.45, 2.75) is 26.9 Å². The molecule has 0 spiro atoms. The fraction of sp³-hybridized carbons (Fsp3) is 0.190. The molecule has 0 saturated carbocycles. The number of carbonyl (C=O) groups is 2. The average Bonchev–Trinajstić information content (AvgIpc) is 3.18. The zero-order valence-electron chi connectivity index (χ0n) is 15.9. The van der Waals surface area contributed by atoms with Crippen molar-refractivity contribution in [3.05, 3.63) is 70.7 Å². The SMILES string of the molecule is Cc1ccc(C)c(OC(C)C(=O)Nc2ccc(C(=O)Nc3nccs3)cc2)c1. The van der Waals surface area contributed by atoms with Gasteiger partial charge in [-0.25, -0.2) is 4.98 Å². The summed E-state index contributed by atoms with van der Waals surface area (Å²) in [6, 6.07) is 12.5. The Bertz CT molecular complexity index is 969. The van der Waals surface area contributed by atoms with E-state index in [0.717, 1.165) is 11.1 Å². The van der Waals surface area contributed by atoms with Crippen LogP contribution < -0.4 is 15.4 Å². The van der Waals surface area contributed by atoms with Gasteiger partial charge in [0.05, 0.1) is 0 Å². The summed E-state index contributed by atoms with van der Waals surface area (Å²) >= 11 is 1.35. The summed E-state index contributed by atoms with van der Waals surface area (Å²) in [4.78, 5) is 28.6. The van der Waals surface area contributed by atoms with Crippen molar-refractivity contribution in [2.75, 3.05) is 10.6 Å². The summed E-state index contributed by atoms with van der Waals surface area (Å²) in [5, 5.41) is 7.85. The van der Waals surface area contributed by atoms with Gasteiger partial charge in [0.1, 0.15) is 5.75 Å². The third-order valence-corrected chi connectivity index (χ3v) is 4.77. The molecule has 3 aromatic rings. The number of nitrogens with one attached hydrogen (secondary N) is 2. The van der Waals surface area contributed by atoms with Gasteiger partial charge in [0.15, 0.2) is 11.2 Å². The van der Waals surface area contributed by atoms with Crippen molar-refractivity contribution in [2.24, 2.45) is 0 Å². The largest absolute Gasteiger partial charge is 0.481 e. The van der Waals surface area contributed by atoms with Gasteiger partial charge in [-0.3, -0.25) is 14.9 Å². The Labute approximate surface area is 167 Å². The molecule has 2 N–H and O–H groups in total. The van der Waals surface area contributed by atoms with E-state index in [1.807, 2.05) is 32.0 Å². The molecule has 0 saturated heterocycles. The standard InChI is InChI=1S/C21H21N3O3S/c1-13-4-5-14(2)18(12-13)27-15(3)19(25)23-17-8-6-16(7-9-17)20(26)24-21-22-10-11-28-21/h4-12,15H,1-3H3,(H,23,25)(H,22,24,26). The predicted molar refractivity (Wildman–Crippen MR) is 111 cm³/mol. The highest BCUT2D eigenvalue weighted by molar-refractivity contribution is 7.13. The first kappa shape index (κ1) is 19.6. The number of nitrogens with zero attached hydrogens (tertiary/aromatic N) is 1. The van der Waals surface area contributed by atoms with Crippen LogP contribution in [0.15, 0.2) is 54.0 Å². The number of hydrogen-bond acceptors (Lipinski definition) is 5. The van der Waals surface area contributed by atoms with Gasteiger partial charge in [-0.05, 0) is 62.2 Å². The fourth-order valence-corrected chi connectivity index (χ4v) is 3.01. The van der Waals surface area contributed by atoms with E-state index in [2.05, 4.69) is 15.6 Å². The summed E-state index contributed by atoms with van der Waals surface area (Å²) in [6.45, 7) is 5.62. The van der Waals surface area contributed by atoms with Gasteiger partial charge in [-0.1, -0.05) is 12.1 Å². The van der Waals surface area contributed by atoms with E-state index >= 15 is 0 Å². The molecule has 1 heterocycles. The van der Waals surface area contributed by atoms with Gasteiger partial charge in [-0.15, -0.1) is 11.3 Å². The van der Waals surface area contributed by atoms with Crippen LogP contribution in [0.1, 0.15) is 28.4 Å². The molecule has 1 aromatic heterocycles. The third kappa shape index (κ3) is 4.95. The first-order chi connectivity index (χ1) is 13.4. The molecule has 1 atom stereocenters. The predicted octanol–water partition coefficient (Wildman–Crippen LogP) is 4.42. The highest BCUT2D eigenvalue weighted by atomic mass is 32.1. The molecule has 0 aliphatic carbocycles. The quantitative estimate of drug-likeness (QED) is 0.647. The van der Waals surface area contributed by atoms with Gasteiger partial charge >= 0.3 is 0 Å². The van der Waals surface area contributed by atoms with Crippen LogP contribution in [0.25, 0.3) is 0 Å². The molecular formula is C21H21N3O3S. The number of anilines is 2. The van der Waals surface area contributed by atoms with E-state index in [-0.39, 0.29) is 11.8 Å². The molecule has 0 bridgehead atoms. The lowest BCUT2D eigenvalue weighted by molar-refractivity contribution is -0.122. The second kappa shape index (κ2) is 8.67. The van der Waals surface area contributed by atoms with Crippen molar-refractivity contribution in [1.82, 2.24) is 4.98 Å². The first-order valence-corrected chi connectivity index (χ1v) is 9.66. The van der Waals surface area contributed by atoms with Crippen LogP contribution in [0.3, 0.4) is 0 Å². The number of rotatable bonds is 6. The van der Waals surface area contributed by atoms with Crippen molar-refractivity contribution >= 4 is 34.0 Å². The van der Waals surface area contributed by atoms with Gasteiger partial charge < -0.3 is 10.1 Å². The minimum absolute atomic E-state index is 0.251. The Morgan fingerprint density at radius 3 is 2.50 bits per heavy atom. The van der Waals surface area contributed by atoms with E-state index < -0.39 is 6.10 Å². The van der Waals surface area contributed by atoms with Crippen molar-refractivity contribution in [3.63, 3.8) is 0 Å². The number of hydrogen-bond donors (Lipinski definition) is 2. The molecule has 28 heavy (non-hydrogen) atoms. The van der Waals surface area contributed by atoms with E-state index in [4.69, 9.17) is 4.74 Å². The smallest absolute Gasteiger partial charge is 0.265 e. The van der Waals surface area contributed by atoms with Gasteiger partial charge in [0.25, 0.3) is 11.8 Å². The summed E-state index contributed by atoms with van der Waals surface area (Å²) < 4.78 is 5.80. The number of carbonyl (C=O) groups excluding carboxylic acids is 2. The molecule has 0 aliphatic rings. The average molecular weight is 395 g/mol. The van der Waals surface area contributed by atoms with Crippen LogP contribution in [0.4, 0.5) is 10.8 Å². The molecule has 0 aliphatic heterocycles. The van der Waals surface area contributed by atoms with E-state index in [9.17, 15) is 9.59 Å². The van der Waals surface area contributed by atoms with Crippen LogP contribution in [-0.2, 0) is 4.79 Å². The molecule has 0 fully saturated rings. The Morgan fingerprint density at radius 2 is 1.82 bits per heavy atom. The number of benzene rings is 2.